The Bertz CT molecular complexity index is 162. The summed E-state index contributed by atoms with van der Waals surface area (Å²) in [7, 11) is 0. The number of allylic oxidation sites excluding steroid dienone is 1. The van der Waals surface area contributed by atoms with Crippen molar-refractivity contribution in [2.45, 2.75) is 20.3 Å². The van der Waals surface area contributed by atoms with Crippen molar-refractivity contribution in [2.75, 3.05) is 13.2 Å². The fourth-order valence-corrected chi connectivity index (χ4v) is 0.641. The number of nitrogens with one attached hydrogen (secondary N) is 1. The van der Waals surface area contributed by atoms with Crippen molar-refractivity contribution in [3.8, 4) is 0 Å². The number of carbonyl (C=O) groups is 1. The maximum absolute atomic E-state index is 10.8. The third kappa shape index (κ3) is 6.92. The lowest BCUT2D eigenvalue weighted by atomic mass is 10.4. The van der Waals surface area contributed by atoms with E-state index in [1.165, 1.54) is 0 Å². The largest absolute Gasteiger partial charge is 0.466 e. The van der Waals surface area contributed by atoms with Crippen LogP contribution < -0.4 is 11.1 Å². The maximum atomic E-state index is 10.8. The second kappa shape index (κ2) is 6.52. The van der Waals surface area contributed by atoms with Crippen LogP contribution in [-0.4, -0.2) is 19.1 Å². The van der Waals surface area contributed by atoms with Gasteiger partial charge < -0.3 is 15.8 Å². The van der Waals surface area contributed by atoms with Crippen LogP contribution in [0.2, 0.25) is 0 Å². The van der Waals surface area contributed by atoms with Gasteiger partial charge >= 0.3 is 5.97 Å². The normalized spacial score (nSPS) is 11.0. The highest BCUT2D eigenvalue weighted by atomic mass is 16.5. The first-order valence-electron chi connectivity index (χ1n) is 3.98. The van der Waals surface area contributed by atoms with Crippen LogP contribution in [0.4, 0.5) is 0 Å². The van der Waals surface area contributed by atoms with Crippen LogP contribution in [0.1, 0.15) is 20.3 Å². The Morgan fingerprint density at radius 2 is 2.33 bits per heavy atom. The summed E-state index contributed by atoms with van der Waals surface area (Å²) in [6, 6.07) is 0. The van der Waals surface area contributed by atoms with Crippen molar-refractivity contribution < 1.29 is 9.53 Å². The lowest BCUT2D eigenvalue weighted by Gasteiger charge is -2.01. The fourth-order valence-electron chi connectivity index (χ4n) is 0.641. The zero-order valence-electron chi connectivity index (χ0n) is 7.59. The van der Waals surface area contributed by atoms with Gasteiger partial charge in [0.15, 0.2) is 0 Å². The summed E-state index contributed by atoms with van der Waals surface area (Å²) in [4.78, 5) is 10.8. The third-order valence-electron chi connectivity index (χ3n) is 1.11. The molecule has 0 aromatic rings. The standard InChI is InChI=1S/C8H16N2O2/c1-3-12-8(11)4-5-10-6-7(2)9/h6,10H,3-5,9H2,1-2H3. The number of hydrogen-bond acceptors (Lipinski definition) is 4. The average Bonchev–Trinajstić information content (AvgIpc) is 1.98. The van der Waals surface area contributed by atoms with Crippen molar-refractivity contribution in [1.29, 1.82) is 0 Å². The van der Waals surface area contributed by atoms with Gasteiger partial charge in [0.25, 0.3) is 0 Å². The number of carbonyl (C=O) groups excluding carboxylic acids is 1. The lowest BCUT2D eigenvalue weighted by Crippen LogP contribution is -2.15. The first-order valence-corrected chi connectivity index (χ1v) is 3.98. The smallest absolute Gasteiger partial charge is 0.307 e. The number of hydrogen-bond donors (Lipinski definition) is 2. The van der Waals surface area contributed by atoms with Crippen LogP contribution in [0, 0.1) is 0 Å². The minimum absolute atomic E-state index is 0.187. The molecule has 0 aliphatic carbocycles. The van der Waals surface area contributed by atoms with E-state index in [4.69, 9.17) is 10.5 Å². The van der Waals surface area contributed by atoms with Gasteiger partial charge in [0.1, 0.15) is 0 Å². The highest BCUT2D eigenvalue weighted by molar-refractivity contribution is 5.69. The molecule has 0 atom stereocenters. The zero-order valence-corrected chi connectivity index (χ0v) is 7.59. The summed E-state index contributed by atoms with van der Waals surface area (Å²) in [5.74, 6) is -0.187. The Labute approximate surface area is 72.8 Å². The van der Waals surface area contributed by atoms with Crippen LogP contribution in [0.15, 0.2) is 11.9 Å². The molecule has 0 saturated heterocycles. The van der Waals surface area contributed by atoms with E-state index in [0.29, 0.717) is 25.3 Å². The minimum atomic E-state index is -0.187. The number of rotatable bonds is 5. The highest BCUT2D eigenvalue weighted by Crippen LogP contribution is 1.84. The van der Waals surface area contributed by atoms with Gasteiger partial charge in [-0.05, 0) is 13.8 Å². The molecule has 0 fully saturated rings. The van der Waals surface area contributed by atoms with Crippen LogP contribution in [0.5, 0.6) is 0 Å². The quantitative estimate of drug-likeness (QED) is 0.464. The first kappa shape index (κ1) is 10.8. The monoisotopic (exact) mass is 172 g/mol. The Kier molecular flexibility index (Phi) is 5.87. The van der Waals surface area contributed by atoms with Crippen LogP contribution >= 0.6 is 0 Å². The molecule has 0 radical (unpaired) electrons. The van der Waals surface area contributed by atoms with Gasteiger partial charge in [0.05, 0.1) is 13.0 Å². The van der Waals surface area contributed by atoms with E-state index < -0.39 is 0 Å². The van der Waals surface area contributed by atoms with Crippen molar-refractivity contribution in [3.63, 3.8) is 0 Å². The molecule has 12 heavy (non-hydrogen) atoms. The van der Waals surface area contributed by atoms with Crippen molar-refractivity contribution >= 4 is 5.97 Å². The third-order valence-corrected chi connectivity index (χ3v) is 1.11. The molecule has 0 aromatic heterocycles. The molecule has 0 bridgehead atoms. The molecule has 4 nitrogen and oxygen atoms in total. The van der Waals surface area contributed by atoms with Gasteiger partial charge in [0, 0.05) is 18.4 Å². The summed E-state index contributed by atoms with van der Waals surface area (Å²) in [6.07, 6.45) is 2.04. The summed E-state index contributed by atoms with van der Waals surface area (Å²) in [5, 5.41) is 2.89. The van der Waals surface area contributed by atoms with Gasteiger partial charge in [-0.25, -0.2) is 0 Å². The number of nitrogens with two attached hydrogens (primary N) is 1. The zero-order chi connectivity index (χ0) is 9.40. The Morgan fingerprint density at radius 1 is 1.67 bits per heavy atom. The molecule has 0 heterocycles. The van der Waals surface area contributed by atoms with Gasteiger partial charge in [-0.1, -0.05) is 0 Å². The van der Waals surface area contributed by atoms with Gasteiger partial charge in [0.2, 0.25) is 0 Å². The predicted molar refractivity (Wildman–Crippen MR) is 47.2 cm³/mol. The number of esters is 1. The van der Waals surface area contributed by atoms with Crippen LogP contribution in [0.3, 0.4) is 0 Å². The van der Waals surface area contributed by atoms with E-state index >= 15 is 0 Å². The lowest BCUT2D eigenvalue weighted by molar-refractivity contribution is -0.142. The van der Waals surface area contributed by atoms with Crippen LogP contribution in [-0.2, 0) is 9.53 Å². The number of ether oxygens (including phenoxy) is 1. The molecule has 0 spiro atoms. The molecule has 0 unspecified atom stereocenters. The predicted octanol–water partition coefficient (Wildman–Crippen LogP) is 0.349. The van der Waals surface area contributed by atoms with Gasteiger partial charge in [-0.2, -0.15) is 0 Å². The fraction of sp³-hybridized carbons (Fsp3) is 0.625. The molecular weight excluding hydrogens is 156 g/mol. The minimum Gasteiger partial charge on any atom is -0.466 e. The van der Waals surface area contributed by atoms with E-state index in [1.807, 2.05) is 0 Å². The SMILES string of the molecule is CCOC(=O)CCNC=C(C)N. The molecule has 3 N–H and O–H groups in total. The first-order chi connectivity index (χ1) is 5.66. The van der Waals surface area contributed by atoms with E-state index in [-0.39, 0.29) is 5.97 Å². The Morgan fingerprint density at radius 3 is 2.83 bits per heavy atom. The van der Waals surface area contributed by atoms with Crippen molar-refractivity contribution in [3.05, 3.63) is 11.9 Å². The van der Waals surface area contributed by atoms with E-state index in [1.54, 1.807) is 20.0 Å². The van der Waals surface area contributed by atoms with Crippen molar-refractivity contribution in [2.24, 2.45) is 5.73 Å². The van der Waals surface area contributed by atoms with Crippen molar-refractivity contribution in [1.82, 2.24) is 5.32 Å². The summed E-state index contributed by atoms with van der Waals surface area (Å²) in [5.41, 5.74) is 6.04. The average molecular weight is 172 g/mol. The summed E-state index contributed by atoms with van der Waals surface area (Å²) >= 11 is 0. The Hall–Kier alpha value is -1.19. The molecule has 4 heteroatoms. The molecule has 70 valence electrons. The molecule has 0 rings (SSSR count). The summed E-state index contributed by atoms with van der Waals surface area (Å²) < 4.78 is 4.72. The van der Waals surface area contributed by atoms with E-state index in [2.05, 4.69) is 5.32 Å². The topological polar surface area (TPSA) is 64.3 Å². The molecule has 0 aromatic carbocycles. The van der Waals surface area contributed by atoms with Gasteiger partial charge in [-0.3, -0.25) is 4.79 Å². The molecule has 0 saturated carbocycles. The molecule has 0 amide bonds. The summed E-state index contributed by atoms with van der Waals surface area (Å²) in [6.45, 7) is 4.56. The highest BCUT2D eigenvalue weighted by Gasteiger charge is 1.98. The van der Waals surface area contributed by atoms with E-state index in [0.717, 1.165) is 0 Å². The second-order valence-corrected chi connectivity index (χ2v) is 2.40. The van der Waals surface area contributed by atoms with Crippen LogP contribution in [0.25, 0.3) is 0 Å². The molecule has 0 aliphatic rings. The second-order valence-electron chi connectivity index (χ2n) is 2.40. The Balaban J connectivity index is 3.31. The molecule has 0 aliphatic heterocycles. The molecular formula is C8H16N2O2. The van der Waals surface area contributed by atoms with E-state index in [9.17, 15) is 4.79 Å². The van der Waals surface area contributed by atoms with Gasteiger partial charge in [-0.15, -0.1) is 0 Å². The maximum Gasteiger partial charge on any atom is 0.307 e.